The van der Waals surface area contributed by atoms with Gasteiger partial charge in [-0.05, 0) is 78.1 Å². The Labute approximate surface area is 218 Å². The van der Waals surface area contributed by atoms with Crippen LogP contribution in [0.15, 0.2) is 47.3 Å². The fraction of sp³-hybridized carbons (Fsp3) is 0.280. The molecule has 3 heterocycles. The summed E-state index contributed by atoms with van der Waals surface area (Å²) in [6.45, 7) is 5.36. The predicted molar refractivity (Wildman–Crippen MR) is 148 cm³/mol. The molecular formula is C25H27BrN7O2P. The van der Waals surface area contributed by atoms with Gasteiger partial charge in [0.15, 0.2) is 0 Å². The van der Waals surface area contributed by atoms with Crippen LogP contribution in [0.3, 0.4) is 0 Å². The van der Waals surface area contributed by atoms with E-state index in [4.69, 9.17) is 9.72 Å². The molecule has 5 rings (SSSR count). The Morgan fingerprint density at radius 1 is 1.06 bits per heavy atom. The zero-order valence-electron chi connectivity index (χ0n) is 20.5. The van der Waals surface area contributed by atoms with Gasteiger partial charge in [0.1, 0.15) is 24.2 Å². The maximum absolute atomic E-state index is 13.3. The van der Waals surface area contributed by atoms with Crippen LogP contribution in [0.5, 0.6) is 5.75 Å². The molecule has 186 valence electrons. The summed E-state index contributed by atoms with van der Waals surface area (Å²) in [4.78, 5) is 20.3. The largest absolute Gasteiger partial charge is 0.495 e. The molecule has 0 fully saturated rings. The summed E-state index contributed by atoms with van der Waals surface area (Å²) in [6, 6.07) is 7.91. The Hall–Kier alpha value is -3.07. The number of anilines is 4. The van der Waals surface area contributed by atoms with Crippen LogP contribution in [0.2, 0.25) is 0 Å². The Bertz CT molecular complexity index is 1510. The number of aromatic nitrogens is 4. The summed E-state index contributed by atoms with van der Waals surface area (Å²) in [6.07, 6.45) is 5.88. The number of halogens is 1. The molecule has 2 aromatic heterocycles. The number of hydrogen-bond acceptors (Lipinski definition) is 9. The zero-order chi connectivity index (χ0) is 25.4. The third-order valence-electron chi connectivity index (χ3n) is 6.12. The summed E-state index contributed by atoms with van der Waals surface area (Å²) in [5, 5.41) is 7.28. The third-order valence-corrected chi connectivity index (χ3v) is 8.23. The van der Waals surface area contributed by atoms with Gasteiger partial charge in [0.05, 0.1) is 33.8 Å². The lowest BCUT2D eigenvalue weighted by Gasteiger charge is -2.26. The normalized spacial score (nSPS) is 13.9. The van der Waals surface area contributed by atoms with Gasteiger partial charge in [-0.15, -0.1) is 0 Å². The molecule has 4 aromatic rings. The first-order valence-corrected chi connectivity index (χ1v) is 14.9. The van der Waals surface area contributed by atoms with Gasteiger partial charge >= 0.3 is 0 Å². The SMILES string of the molecule is COc1cc2c(cc1Nc1ncc(Br)c(Nc3ccc4nccnc4c3P(C)(C)=O)n1)CCN(C)C2. The van der Waals surface area contributed by atoms with Crippen molar-refractivity contribution in [3.63, 3.8) is 0 Å². The molecule has 0 aliphatic carbocycles. The van der Waals surface area contributed by atoms with Gasteiger partial charge in [0.2, 0.25) is 5.95 Å². The second kappa shape index (κ2) is 9.76. The number of methoxy groups -OCH3 is 1. The number of ether oxygens (including phenoxy) is 1. The standard InChI is InChI=1S/C25H27BrN7O2P/c1-33-10-7-15-11-20(21(35-2)12-16(15)14-33)31-25-29-13-17(26)24(32-25)30-19-6-5-18-22(28-9-8-27-18)23(19)36(3,4)34/h5-6,8-9,11-13H,7,10,14H2,1-4H3,(H2,29,30,31,32). The Balaban J connectivity index is 1.50. The van der Waals surface area contributed by atoms with Gasteiger partial charge in [-0.2, -0.15) is 4.98 Å². The van der Waals surface area contributed by atoms with Crippen molar-refractivity contribution in [3.05, 3.63) is 58.5 Å². The lowest BCUT2D eigenvalue weighted by Crippen LogP contribution is -2.26. The van der Waals surface area contributed by atoms with E-state index in [0.717, 1.165) is 30.9 Å². The lowest BCUT2D eigenvalue weighted by molar-refractivity contribution is 0.311. The van der Waals surface area contributed by atoms with E-state index in [0.29, 0.717) is 38.3 Å². The van der Waals surface area contributed by atoms with Crippen molar-refractivity contribution in [2.45, 2.75) is 13.0 Å². The van der Waals surface area contributed by atoms with Crippen LogP contribution in [0, 0.1) is 0 Å². The van der Waals surface area contributed by atoms with Gasteiger partial charge in [0, 0.05) is 31.7 Å². The summed E-state index contributed by atoms with van der Waals surface area (Å²) in [7, 11) is 1.07. The topological polar surface area (TPSA) is 105 Å². The molecule has 0 unspecified atom stereocenters. The van der Waals surface area contributed by atoms with Crippen molar-refractivity contribution < 1.29 is 9.30 Å². The molecule has 0 amide bonds. The first kappa shape index (κ1) is 24.6. The maximum Gasteiger partial charge on any atom is 0.229 e. The number of hydrogen-bond donors (Lipinski definition) is 2. The quantitative estimate of drug-likeness (QED) is 0.314. The van der Waals surface area contributed by atoms with Gasteiger partial charge in [-0.25, -0.2) is 4.98 Å². The van der Waals surface area contributed by atoms with Crippen molar-refractivity contribution in [2.24, 2.45) is 0 Å². The fourth-order valence-electron chi connectivity index (χ4n) is 4.43. The third kappa shape index (κ3) is 4.93. The number of fused-ring (bicyclic) bond motifs is 2. The zero-order valence-corrected chi connectivity index (χ0v) is 23.0. The molecule has 36 heavy (non-hydrogen) atoms. The average Bonchev–Trinajstić information content (AvgIpc) is 2.84. The van der Waals surface area contributed by atoms with E-state index in [9.17, 15) is 4.57 Å². The Morgan fingerprint density at radius 3 is 2.64 bits per heavy atom. The van der Waals surface area contributed by atoms with Crippen molar-refractivity contribution in [3.8, 4) is 5.75 Å². The van der Waals surface area contributed by atoms with Gasteiger partial charge < -0.3 is 24.8 Å². The first-order valence-electron chi connectivity index (χ1n) is 11.5. The van der Waals surface area contributed by atoms with Crippen LogP contribution < -0.4 is 20.7 Å². The molecule has 11 heteroatoms. The number of nitrogens with one attached hydrogen (secondary N) is 2. The van der Waals surface area contributed by atoms with Gasteiger partial charge in [0.25, 0.3) is 0 Å². The van der Waals surface area contributed by atoms with E-state index in [1.807, 2.05) is 12.1 Å². The fourth-order valence-corrected chi connectivity index (χ4v) is 6.11. The monoisotopic (exact) mass is 567 g/mol. The van der Waals surface area contributed by atoms with Crippen molar-refractivity contribution in [1.29, 1.82) is 0 Å². The minimum atomic E-state index is -2.71. The second-order valence-corrected chi connectivity index (χ2v) is 13.2. The summed E-state index contributed by atoms with van der Waals surface area (Å²) >= 11 is 3.54. The van der Waals surface area contributed by atoms with Crippen LogP contribution in [0.1, 0.15) is 11.1 Å². The summed E-state index contributed by atoms with van der Waals surface area (Å²) in [5.41, 5.74) is 5.33. The van der Waals surface area contributed by atoms with Crippen LogP contribution in [0.25, 0.3) is 11.0 Å². The highest BCUT2D eigenvalue weighted by molar-refractivity contribution is 9.10. The smallest absolute Gasteiger partial charge is 0.229 e. The Kier molecular flexibility index (Phi) is 6.68. The van der Waals surface area contributed by atoms with Crippen molar-refractivity contribution >= 4 is 62.6 Å². The van der Waals surface area contributed by atoms with E-state index >= 15 is 0 Å². The van der Waals surface area contributed by atoms with Crippen LogP contribution >= 0.6 is 23.1 Å². The molecule has 2 N–H and O–H groups in total. The van der Waals surface area contributed by atoms with Gasteiger partial charge in [-0.3, -0.25) is 9.97 Å². The van der Waals surface area contributed by atoms with E-state index in [1.165, 1.54) is 11.1 Å². The first-order chi connectivity index (χ1) is 17.2. The lowest BCUT2D eigenvalue weighted by atomic mass is 9.99. The van der Waals surface area contributed by atoms with Crippen molar-refractivity contribution in [2.75, 3.05) is 44.7 Å². The molecular weight excluding hydrogens is 541 g/mol. The van der Waals surface area contributed by atoms with Crippen LogP contribution in [-0.4, -0.2) is 58.9 Å². The number of nitrogens with zero attached hydrogens (tertiary/aromatic N) is 5. The molecule has 0 bridgehead atoms. The molecule has 9 nitrogen and oxygen atoms in total. The Morgan fingerprint density at radius 2 is 1.86 bits per heavy atom. The number of benzene rings is 2. The van der Waals surface area contributed by atoms with Crippen LogP contribution in [0.4, 0.5) is 23.1 Å². The molecule has 0 saturated carbocycles. The molecule has 0 radical (unpaired) electrons. The highest BCUT2D eigenvalue weighted by Gasteiger charge is 2.23. The van der Waals surface area contributed by atoms with E-state index < -0.39 is 7.14 Å². The molecule has 0 saturated heterocycles. The molecule has 2 aromatic carbocycles. The maximum atomic E-state index is 13.3. The number of rotatable bonds is 6. The predicted octanol–water partition coefficient (Wildman–Crippen LogP) is 4.91. The average molecular weight is 568 g/mol. The second-order valence-electron chi connectivity index (χ2n) is 9.19. The minimum Gasteiger partial charge on any atom is -0.495 e. The molecule has 1 aliphatic heterocycles. The van der Waals surface area contributed by atoms with E-state index in [2.05, 4.69) is 65.6 Å². The summed E-state index contributed by atoms with van der Waals surface area (Å²) < 4.78 is 19.6. The van der Waals surface area contributed by atoms with Crippen molar-refractivity contribution in [1.82, 2.24) is 24.8 Å². The van der Waals surface area contributed by atoms with Crippen LogP contribution in [-0.2, 0) is 17.5 Å². The molecule has 0 spiro atoms. The van der Waals surface area contributed by atoms with E-state index in [-0.39, 0.29) is 0 Å². The summed E-state index contributed by atoms with van der Waals surface area (Å²) in [5.74, 6) is 1.67. The van der Waals surface area contributed by atoms with E-state index in [1.54, 1.807) is 39.0 Å². The highest BCUT2D eigenvalue weighted by Crippen LogP contribution is 2.41. The molecule has 1 aliphatic rings. The minimum absolute atomic E-state index is 0.408. The number of likely N-dealkylation sites (N-methyl/N-ethyl adjacent to an activating group) is 1. The highest BCUT2D eigenvalue weighted by atomic mass is 79.9. The molecule has 0 atom stereocenters. The van der Waals surface area contributed by atoms with Gasteiger partial charge in [-0.1, -0.05) is 0 Å².